The number of carbonyl (C=O) groups is 1. The Balaban J connectivity index is 0.00000192. The van der Waals surface area contributed by atoms with Gasteiger partial charge in [0.2, 0.25) is 11.7 Å². The van der Waals surface area contributed by atoms with Crippen molar-refractivity contribution in [2.75, 3.05) is 13.1 Å². The summed E-state index contributed by atoms with van der Waals surface area (Å²) in [5, 5.41) is 4.01. The van der Waals surface area contributed by atoms with Crippen molar-refractivity contribution < 1.29 is 14.1 Å². The summed E-state index contributed by atoms with van der Waals surface area (Å²) in [5.41, 5.74) is 1.47. The molecule has 0 radical (unpaired) electrons. The first-order valence-corrected chi connectivity index (χ1v) is 7.40. The lowest BCUT2D eigenvalue weighted by Crippen LogP contribution is -2.44. The molecule has 1 aliphatic rings. The predicted octanol–water partition coefficient (Wildman–Crippen LogP) is 2.58. The molecule has 2 heterocycles. The third kappa shape index (κ3) is 4.37. The summed E-state index contributed by atoms with van der Waals surface area (Å²) in [6.45, 7) is 6.47. The summed E-state index contributed by atoms with van der Waals surface area (Å²) in [6, 6.07) is 7.11. The van der Waals surface area contributed by atoms with Gasteiger partial charge in [-0.15, -0.1) is 12.4 Å². The number of hydrogen-bond donors (Lipinski definition) is 0. The molecule has 2 aromatic rings. The highest BCUT2D eigenvalue weighted by Crippen LogP contribution is 2.18. The van der Waals surface area contributed by atoms with Crippen molar-refractivity contribution in [1.29, 1.82) is 0 Å². The first kappa shape index (κ1) is 17.6. The molecule has 23 heavy (non-hydrogen) atoms. The highest BCUT2D eigenvalue weighted by molar-refractivity contribution is 5.85. The van der Waals surface area contributed by atoms with Crippen molar-refractivity contribution in [2.45, 2.75) is 32.6 Å². The van der Waals surface area contributed by atoms with Crippen LogP contribution in [0.5, 0.6) is 0 Å². The van der Waals surface area contributed by atoms with Crippen LogP contribution in [0.25, 0.3) is 11.4 Å². The first-order valence-electron chi connectivity index (χ1n) is 7.40. The van der Waals surface area contributed by atoms with Crippen LogP contribution in [0.15, 0.2) is 28.8 Å². The van der Waals surface area contributed by atoms with E-state index in [0.29, 0.717) is 23.8 Å². The maximum Gasteiger partial charge on any atom is 0.241 e. The van der Waals surface area contributed by atoms with Crippen molar-refractivity contribution in [3.05, 3.63) is 35.7 Å². The smallest absolute Gasteiger partial charge is 0.241 e. The molecule has 6 nitrogen and oxygen atoms in total. The summed E-state index contributed by atoms with van der Waals surface area (Å²) in [5.74, 6) is 1.14. The molecule has 2 atom stereocenters. The summed E-state index contributed by atoms with van der Waals surface area (Å²) >= 11 is 0. The van der Waals surface area contributed by atoms with E-state index in [-0.39, 0.29) is 24.6 Å². The zero-order valence-corrected chi connectivity index (χ0v) is 14.0. The summed E-state index contributed by atoms with van der Waals surface area (Å²) in [7, 11) is 0. The monoisotopic (exact) mass is 337 g/mol. The van der Waals surface area contributed by atoms with E-state index in [1.807, 2.05) is 12.1 Å². The number of carbonyl (C=O) groups excluding carboxylic acids is 1. The Morgan fingerprint density at radius 3 is 2.48 bits per heavy atom. The molecular weight excluding hydrogens is 318 g/mol. The van der Waals surface area contributed by atoms with E-state index >= 15 is 0 Å². The molecule has 0 spiro atoms. The van der Waals surface area contributed by atoms with Crippen molar-refractivity contribution in [1.82, 2.24) is 15.0 Å². The molecule has 1 fully saturated rings. The van der Waals surface area contributed by atoms with Crippen LogP contribution in [-0.2, 0) is 11.3 Å². The summed E-state index contributed by atoms with van der Waals surface area (Å²) < 4.78 is 11.0. The number of rotatable bonds is 4. The molecule has 7 heteroatoms. The fourth-order valence-corrected chi connectivity index (χ4v) is 2.75. The van der Waals surface area contributed by atoms with Gasteiger partial charge in [-0.3, -0.25) is 9.69 Å². The maximum atomic E-state index is 10.7. The number of hydrogen-bond acceptors (Lipinski definition) is 6. The van der Waals surface area contributed by atoms with Gasteiger partial charge < -0.3 is 9.26 Å². The molecule has 1 saturated heterocycles. The average Bonchev–Trinajstić information content (AvgIpc) is 2.95. The maximum absolute atomic E-state index is 10.7. The fourth-order valence-electron chi connectivity index (χ4n) is 2.75. The van der Waals surface area contributed by atoms with Gasteiger partial charge >= 0.3 is 0 Å². The summed E-state index contributed by atoms with van der Waals surface area (Å²) in [6.07, 6.45) is 1.23. The number of aromatic nitrogens is 2. The minimum absolute atomic E-state index is 0. The molecule has 0 aliphatic carbocycles. The number of ether oxygens (including phenoxy) is 1. The summed E-state index contributed by atoms with van der Waals surface area (Å²) in [4.78, 5) is 17.4. The quantitative estimate of drug-likeness (QED) is 0.799. The predicted molar refractivity (Wildman–Crippen MR) is 87.7 cm³/mol. The lowest BCUT2D eigenvalue weighted by atomic mass is 10.1. The van der Waals surface area contributed by atoms with Gasteiger partial charge in [-0.2, -0.15) is 4.98 Å². The fraction of sp³-hybridized carbons (Fsp3) is 0.438. The third-order valence-corrected chi connectivity index (χ3v) is 3.63. The average molecular weight is 338 g/mol. The van der Waals surface area contributed by atoms with E-state index in [0.717, 1.165) is 24.9 Å². The first-order chi connectivity index (χ1) is 10.6. The Morgan fingerprint density at radius 1 is 1.22 bits per heavy atom. The highest BCUT2D eigenvalue weighted by atomic mass is 35.5. The van der Waals surface area contributed by atoms with Crippen molar-refractivity contribution in [2.24, 2.45) is 0 Å². The van der Waals surface area contributed by atoms with E-state index in [9.17, 15) is 4.79 Å². The SMILES string of the molecule is CC1CN(Cc2nc(-c3ccc(C=O)cc3)no2)CC(C)O1.Cl. The number of morpholine rings is 1. The minimum atomic E-state index is 0. The van der Waals surface area contributed by atoms with Gasteiger partial charge in [0.15, 0.2) is 0 Å². The largest absolute Gasteiger partial charge is 0.373 e. The van der Waals surface area contributed by atoms with E-state index in [1.54, 1.807) is 12.1 Å². The molecule has 0 bridgehead atoms. The van der Waals surface area contributed by atoms with Crippen LogP contribution >= 0.6 is 12.4 Å². The van der Waals surface area contributed by atoms with Crippen molar-refractivity contribution in [3.8, 4) is 11.4 Å². The van der Waals surface area contributed by atoms with Gasteiger partial charge in [0, 0.05) is 24.2 Å². The Bertz CT molecular complexity index is 634. The van der Waals surface area contributed by atoms with E-state index in [1.165, 1.54) is 0 Å². The zero-order valence-electron chi connectivity index (χ0n) is 13.1. The van der Waals surface area contributed by atoms with Gasteiger partial charge in [0.25, 0.3) is 0 Å². The van der Waals surface area contributed by atoms with Crippen LogP contribution in [0.3, 0.4) is 0 Å². The molecular formula is C16H20ClN3O3. The molecule has 0 N–H and O–H groups in total. The van der Waals surface area contributed by atoms with E-state index in [4.69, 9.17) is 9.26 Å². The number of aldehydes is 1. The van der Waals surface area contributed by atoms with Crippen LogP contribution in [0.1, 0.15) is 30.1 Å². The van der Waals surface area contributed by atoms with Gasteiger partial charge in [0.1, 0.15) is 6.29 Å². The van der Waals surface area contributed by atoms with Gasteiger partial charge in [-0.1, -0.05) is 29.4 Å². The zero-order chi connectivity index (χ0) is 15.5. The van der Waals surface area contributed by atoms with Crippen molar-refractivity contribution >= 4 is 18.7 Å². The van der Waals surface area contributed by atoms with Crippen LogP contribution in [-0.4, -0.2) is 46.6 Å². The second kappa shape index (κ2) is 7.68. The molecule has 0 saturated carbocycles. The lowest BCUT2D eigenvalue weighted by Gasteiger charge is -2.34. The Hall–Kier alpha value is -1.76. The van der Waals surface area contributed by atoms with E-state index < -0.39 is 0 Å². The number of benzene rings is 1. The molecule has 1 aliphatic heterocycles. The molecule has 0 amide bonds. The van der Waals surface area contributed by atoms with E-state index in [2.05, 4.69) is 28.9 Å². The van der Waals surface area contributed by atoms with Gasteiger partial charge in [-0.25, -0.2) is 0 Å². The molecule has 124 valence electrons. The Morgan fingerprint density at radius 2 is 1.87 bits per heavy atom. The topological polar surface area (TPSA) is 68.5 Å². The Kier molecular flexibility index (Phi) is 5.87. The van der Waals surface area contributed by atoms with Crippen LogP contribution in [0, 0.1) is 0 Å². The number of nitrogens with zero attached hydrogens (tertiary/aromatic N) is 3. The molecule has 1 aromatic heterocycles. The minimum Gasteiger partial charge on any atom is -0.373 e. The van der Waals surface area contributed by atoms with Gasteiger partial charge in [0.05, 0.1) is 18.8 Å². The standard InChI is InChI=1S/C16H19N3O3.ClH/c1-11-7-19(8-12(2)21-11)9-15-17-16(18-22-15)14-5-3-13(10-20)4-6-14;/h3-6,10-12H,7-9H2,1-2H3;1H. The van der Waals surface area contributed by atoms with Crippen LogP contribution in [0.2, 0.25) is 0 Å². The second-order valence-electron chi connectivity index (χ2n) is 5.70. The molecule has 3 rings (SSSR count). The molecule has 2 unspecified atom stereocenters. The second-order valence-corrected chi connectivity index (χ2v) is 5.70. The third-order valence-electron chi connectivity index (χ3n) is 3.63. The Labute approximate surface area is 141 Å². The molecule has 1 aromatic carbocycles. The van der Waals surface area contributed by atoms with Crippen molar-refractivity contribution in [3.63, 3.8) is 0 Å². The number of halogens is 1. The highest BCUT2D eigenvalue weighted by Gasteiger charge is 2.23. The van der Waals surface area contributed by atoms with Gasteiger partial charge in [-0.05, 0) is 13.8 Å². The van der Waals surface area contributed by atoms with Crippen LogP contribution < -0.4 is 0 Å². The van der Waals surface area contributed by atoms with Crippen LogP contribution in [0.4, 0.5) is 0 Å². The normalized spacial score (nSPS) is 21.7. The lowest BCUT2D eigenvalue weighted by molar-refractivity contribution is -0.0725.